The third kappa shape index (κ3) is 3.42. The Hall–Kier alpha value is -1.66. The first-order valence-corrected chi connectivity index (χ1v) is 6.32. The summed E-state index contributed by atoms with van der Waals surface area (Å²) in [4.78, 5) is 12.6. The molecule has 0 aliphatic carbocycles. The molecular formula is C13H18N2O4. The van der Waals surface area contributed by atoms with E-state index in [-0.39, 0.29) is 11.8 Å². The Morgan fingerprint density at radius 2 is 2.16 bits per heavy atom. The SMILES string of the molecule is COc1ccc([N+](=O)[O-])cc1CN1CCC(O)CC1. The zero-order valence-electron chi connectivity index (χ0n) is 10.9. The van der Waals surface area contributed by atoms with Crippen molar-refractivity contribution in [1.29, 1.82) is 0 Å². The number of benzene rings is 1. The van der Waals surface area contributed by atoms with E-state index >= 15 is 0 Å². The number of nitrogens with zero attached hydrogens (tertiary/aromatic N) is 2. The summed E-state index contributed by atoms with van der Waals surface area (Å²) in [5.41, 5.74) is 0.890. The molecule has 1 aliphatic heterocycles. The van der Waals surface area contributed by atoms with Gasteiger partial charge in [0, 0.05) is 37.3 Å². The van der Waals surface area contributed by atoms with Gasteiger partial charge in [0.05, 0.1) is 18.1 Å². The molecule has 104 valence electrons. The number of nitro benzene ring substituents is 1. The van der Waals surface area contributed by atoms with Crippen molar-refractivity contribution in [3.8, 4) is 5.75 Å². The summed E-state index contributed by atoms with van der Waals surface area (Å²) in [5, 5.41) is 20.3. The monoisotopic (exact) mass is 266 g/mol. The number of rotatable bonds is 4. The number of hydrogen-bond donors (Lipinski definition) is 1. The molecule has 1 aromatic carbocycles. The summed E-state index contributed by atoms with van der Waals surface area (Å²) in [7, 11) is 1.56. The van der Waals surface area contributed by atoms with Gasteiger partial charge < -0.3 is 9.84 Å². The van der Waals surface area contributed by atoms with Crippen molar-refractivity contribution in [3.05, 3.63) is 33.9 Å². The number of aliphatic hydroxyl groups excluding tert-OH is 1. The Balaban J connectivity index is 2.13. The smallest absolute Gasteiger partial charge is 0.270 e. The molecule has 0 saturated carbocycles. The van der Waals surface area contributed by atoms with Gasteiger partial charge in [-0.3, -0.25) is 15.0 Å². The van der Waals surface area contributed by atoms with Crippen LogP contribution in [0.1, 0.15) is 18.4 Å². The molecule has 1 N–H and O–H groups in total. The minimum Gasteiger partial charge on any atom is -0.496 e. The number of likely N-dealkylation sites (tertiary alicyclic amines) is 1. The fraction of sp³-hybridized carbons (Fsp3) is 0.538. The van der Waals surface area contributed by atoms with Crippen molar-refractivity contribution in [1.82, 2.24) is 4.90 Å². The van der Waals surface area contributed by atoms with Gasteiger partial charge >= 0.3 is 0 Å². The molecular weight excluding hydrogens is 248 g/mol. The maximum absolute atomic E-state index is 10.8. The van der Waals surface area contributed by atoms with Gasteiger partial charge in [0.2, 0.25) is 0 Å². The summed E-state index contributed by atoms with van der Waals surface area (Å²) in [6.07, 6.45) is 1.28. The van der Waals surface area contributed by atoms with Gasteiger partial charge in [0.15, 0.2) is 0 Å². The molecule has 19 heavy (non-hydrogen) atoms. The molecule has 0 bridgehead atoms. The van der Waals surface area contributed by atoms with Crippen LogP contribution in [0.5, 0.6) is 5.75 Å². The average molecular weight is 266 g/mol. The van der Waals surface area contributed by atoms with Gasteiger partial charge in [-0.15, -0.1) is 0 Å². The van der Waals surface area contributed by atoms with Crippen LogP contribution >= 0.6 is 0 Å². The van der Waals surface area contributed by atoms with Gasteiger partial charge in [0.1, 0.15) is 5.75 Å². The number of methoxy groups -OCH3 is 1. The molecule has 1 fully saturated rings. The zero-order chi connectivity index (χ0) is 13.8. The van der Waals surface area contributed by atoms with Gasteiger partial charge in [-0.25, -0.2) is 0 Å². The molecule has 1 saturated heterocycles. The van der Waals surface area contributed by atoms with E-state index in [1.54, 1.807) is 19.2 Å². The highest BCUT2D eigenvalue weighted by molar-refractivity contribution is 5.43. The van der Waals surface area contributed by atoms with E-state index in [1.807, 2.05) is 0 Å². The van der Waals surface area contributed by atoms with E-state index in [2.05, 4.69) is 4.90 Å². The van der Waals surface area contributed by atoms with E-state index in [4.69, 9.17) is 4.74 Å². The van der Waals surface area contributed by atoms with Crippen molar-refractivity contribution >= 4 is 5.69 Å². The molecule has 6 nitrogen and oxygen atoms in total. The second kappa shape index (κ2) is 5.99. The standard InChI is InChI=1S/C13H18N2O4/c1-19-13-3-2-11(15(17)18)8-10(13)9-14-6-4-12(16)5-7-14/h2-3,8,12,16H,4-7,9H2,1H3. The molecule has 0 aromatic heterocycles. The molecule has 0 spiro atoms. The van der Waals surface area contributed by atoms with Crippen LogP contribution in [0.25, 0.3) is 0 Å². The second-order valence-electron chi connectivity index (χ2n) is 4.76. The third-order valence-corrected chi connectivity index (χ3v) is 3.43. The Morgan fingerprint density at radius 1 is 1.47 bits per heavy atom. The number of non-ortho nitro benzene ring substituents is 1. The van der Waals surface area contributed by atoms with Crippen LogP contribution < -0.4 is 4.74 Å². The van der Waals surface area contributed by atoms with Crippen LogP contribution in [0.4, 0.5) is 5.69 Å². The quantitative estimate of drug-likeness (QED) is 0.661. The minimum absolute atomic E-state index is 0.0767. The molecule has 1 aromatic rings. The largest absolute Gasteiger partial charge is 0.496 e. The van der Waals surface area contributed by atoms with E-state index in [0.717, 1.165) is 31.5 Å². The molecule has 0 unspecified atom stereocenters. The first-order chi connectivity index (χ1) is 9.10. The van der Waals surface area contributed by atoms with Gasteiger partial charge in [0.25, 0.3) is 5.69 Å². The lowest BCUT2D eigenvalue weighted by Crippen LogP contribution is -2.35. The topological polar surface area (TPSA) is 75.8 Å². The number of ether oxygens (including phenoxy) is 1. The summed E-state index contributed by atoms with van der Waals surface area (Å²) < 4.78 is 5.24. The first kappa shape index (κ1) is 13.8. The normalized spacial score (nSPS) is 17.4. The van der Waals surface area contributed by atoms with Crippen molar-refractivity contribution in [3.63, 3.8) is 0 Å². The molecule has 1 heterocycles. The molecule has 0 amide bonds. The lowest BCUT2D eigenvalue weighted by atomic mass is 10.1. The second-order valence-corrected chi connectivity index (χ2v) is 4.76. The van der Waals surface area contributed by atoms with Crippen LogP contribution in [0, 0.1) is 10.1 Å². The van der Waals surface area contributed by atoms with Gasteiger partial charge in [-0.1, -0.05) is 0 Å². The van der Waals surface area contributed by atoms with E-state index in [1.165, 1.54) is 6.07 Å². The Labute approximate surface area is 111 Å². The Morgan fingerprint density at radius 3 is 2.74 bits per heavy atom. The van der Waals surface area contributed by atoms with Crippen LogP contribution in [-0.4, -0.2) is 41.2 Å². The van der Waals surface area contributed by atoms with Crippen LogP contribution in [0.2, 0.25) is 0 Å². The van der Waals surface area contributed by atoms with E-state index < -0.39 is 4.92 Å². The molecule has 0 atom stereocenters. The number of aliphatic hydroxyl groups is 1. The minimum atomic E-state index is -0.400. The molecule has 6 heteroatoms. The summed E-state index contributed by atoms with van der Waals surface area (Å²) in [6.45, 7) is 2.21. The molecule has 2 rings (SSSR count). The predicted octanol–water partition coefficient (Wildman–Crippen LogP) is 1.56. The van der Waals surface area contributed by atoms with Crippen LogP contribution in [0.15, 0.2) is 18.2 Å². The Bertz CT molecular complexity index is 456. The fourth-order valence-electron chi connectivity index (χ4n) is 2.32. The summed E-state index contributed by atoms with van der Waals surface area (Å²) in [5.74, 6) is 0.664. The maximum atomic E-state index is 10.8. The van der Waals surface area contributed by atoms with Crippen molar-refractivity contribution in [2.24, 2.45) is 0 Å². The summed E-state index contributed by atoms with van der Waals surface area (Å²) in [6, 6.07) is 4.64. The lowest BCUT2D eigenvalue weighted by molar-refractivity contribution is -0.385. The van der Waals surface area contributed by atoms with Crippen LogP contribution in [-0.2, 0) is 6.54 Å². The first-order valence-electron chi connectivity index (χ1n) is 6.32. The van der Waals surface area contributed by atoms with Gasteiger partial charge in [-0.2, -0.15) is 0 Å². The third-order valence-electron chi connectivity index (χ3n) is 3.43. The maximum Gasteiger partial charge on any atom is 0.270 e. The highest BCUT2D eigenvalue weighted by Crippen LogP contribution is 2.26. The van der Waals surface area contributed by atoms with Crippen molar-refractivity contribution < 1.29 is 14.8 Å². The van der Waals surface area contributed by atoms with Crippen LogP contribution in [0.3, 0.4) is 0 Å². The van der Waals surface area contributed by atoms with Gasteiger partial charge in [-0.05, 0) is 18.9 Å². The average Bonchev–Trinajstić information content (AvgIpc) is 2.41. The highest BCUT2D eigenvalue weighted by atomic mass is 16.6. The Kier molecular flexibility index (Phi) is 4.34. The fourth-order valence-corrected chi connectivity index (χ4v) is 2.32. The van der Waals surface area contributed by atoms with E-state index in [9.17, 15) is 15.2 Å². The summed E-state index contributed by atoms with van der Waals surface area (Å²) >= 11 is 0. The van der Waals surface area contributed by atoms with Crippen molar-refractivity contribution in [2.45, 2.75) is 25.5 Å². The number of piperidine rings is 1. The predicted molar refractivity (Wildman–Crippen MR) is 70.2 cm³/mol. The molecule has 0 radical (unpaired) electrons. The van der Waals surface area contributed by atoms with Crippen molar-refractivity contribution in [2.75, 3.05) is 20.2 Å². The van der Waals surface area contributed by atoms with E-state index in [0.29, 0.717) is 12.3 Å². The highest BCUT2D eigenvalue weighted by Gasteiger charge is 2.19. The molecule has 1 aliphatic rings. The number of hydrogen-bond acceptors (Lipinski definition) is 5. The number of nitro groups is 1. The lowest BCUT2D eigenvalue weighted by Gasteiger charge is -2.29. The zero-order valence-corrected chi connectivity index (χ0v) is 10.9.